The van der Waals surface area contributed by atoms with Gasteiger partial charge < -0.3 is 5.32 Å². The predicted molar refractivity (Wildman–Crippen MR) is 104 cm³/mol. The van der Waals surface area contributed by atoms with E-state index >= 15 is 0 Å². The summed E-state index contributed by atoms with van der Waals surface area (Å²) in [5, 5.41) is 15.0. The number of rotatable bonds is 8. The summed E-state index contributed by atoms with van der Waals surface area (Å²) in [5.74, 6) is 0.156. The summed E-state index contributed by atoms with van der Waals surface area (Å²) in [7, 11) is 0. The quantitative estimate of drug-likeness (QED) is 0.475. The van der Waals surface area contributed by atoms with Gasteiger partial charge in [0.2, 0.25) is 11.1 Å². The molecule has 0 radical (unpaired) electrons. The lowest BCUT2D eigenvalue weighted by atomic mass is 10.1. The van der Waals surface area contributed by atoms with Crippen LogP contribution in [0.4, 0.5) is 5.69 Å². The van der Waals surface area contributed by atoms with E-state index in [1.54, 1.807) is 28.9 Å². The largest absolute Gasteiger partial charge is 0.326 e. The molecule has 0 fully saturated rings. The Bertz CT molecular complexity index is 909. The molecule has 0 unspecified atom stereocenters. The van der Waals surface area contributed by atoms with Crippen molar-refractivity contribution in [3.63, 3.8) is 0 Å². The predicted octanol–water partition coefficient (Wildman–Crippen LogP) is 3.38. The van der Waals surface area contributed by atoms with Crippen molar-refractivity contribution in [2.75, 3.05) is 11.1 Å². The highest BCUT2D eigenvalue weighted by molar-refractivity contribution is 7.99. The number of amides is 1. The van der Waals surface area contributed by atoms with Crippen LogP contribution in [0.2, 0.25) is 0 Å². The van der Waals surface area contributed by atoms with E-state index in [2.05, 4.69) is 20.8 Å². The van der Waals surface area contributed by atoms with Crippen LogP contribution in [0.3, 0.4) is 0 Å². The molecule has 0 aliphatic heterocycles. The van der Waals surface area contributed by atoms with Gasteiger partial charge in [-0.25, -0.2) is 0 Å². The number of carbonyl (C=O) groups is 2. The fourth-order valence-corrected chi connectivity index (χ4v) is 3.19. The number of nitrogens with one attached hydrogen (secondary N) is 1. The molecule has 0 aliphatic carbocycles. The van der Waals surface area contributed by atoms with E-state index in [-0.39, 0.29) is 17.4 Å². The van der Waals surface area contributed by atoms with Crippen molar-refractivity contribution in [1.82, 2.24) is 20.2 Å². The molecule has 7 nitrogen and oxygen atoms in total. The highest BCUT2D eigenvalue weighted by atomic mass is 32.2. The molecular formula is C19H19N5O2S. The second kappa shape index (κ2) is 9.09. The van der Waals surface area contributed by atoms with Gasteiger partial charge >= 0.3 is 0 Å². The molecule has 0 spiro atoms. The van der Waals surface area contributed by atoms with Crippen LogP contribution < -0.4 is 5.32 Å². The zero-order valence-electron chi connectivity index (χ0n) is 14.8. The monoisotopic (exact) mass is 381 g/mol. The van der Waals surface area contributed by atoms with Gasteiger partial charge in [-0.05, 0) is 53.2 Å². The number of tetrazole rings is 1. The SMILES string of the molecule is CCCC(=O)Nc1ccc(C(=O)CSc2nnnn2-c2ccccc2)cc1. The summed E-state index contributed by atoms with van der Waals surface area (Å²) in [6.45, 7) is 1.95. The number of Topliss-reactive ketones (excluding diaryl/α,β-unsaturated/α-hetero) is 1. The fourth-order valence-electron chi connectivity index (χ4n) is 2.40. The van der Waals surface area contributed by atoms with Crippen molar-refractivity contribution in [3.05, 3.63) is 60.2 Å². The number of hydrogen-bond donors (Lipinski definition) is 1. The van der Waals surface area contributed by atoms with Gasteiger partial charge in [0.1, 0.15) is 0 Å². The number of anilines is 1. The fraction of sp³-hybridized carbons (Fsp3) is 0.211. The third kappa shape index (κ3) is 5.01. The van der Waals surface area contributed by atoms with Crippen molar-refractivity contribution in [3.8, 4) is 5.69 Å². The van der Waals surface area contributed by atoms with Gasteiger partial charge in [0.15, 0.2) is 5.78 Å². The topological polar surface area (TPSA) is 89.8 Å². The third-order valence-electron chi connectivity index (χ3n) is 3.74. The Hall–Kier alpha value is -3.00. The summed E-state index contributed by atoms with van der Waals surface area (Å²) in [5.41, 5.74) is 2.10. The van der Waals surface area contributed by atoms with Crippen molar-refractivity contribution < 1.29 is 9.59 Å². The molecule has 3 rings (SSSR count). The Balaban J connectivity index is 1.60. The Labute approximate surface area is 161 Å². The normalized spacial score (nSPS) is 10.6. The molecule has 0 bridgehead atoms. The van der Waals surface area contributed by atoms with Crippen LogP contribution in [-0.4, -0.2) is 37.7 Å². The smallest absolute Gasteiger partial charge is 0.224 e. The third-order valence-corrected chi connectivity index (χ3v) is 4.66. The Morgan fingerprint density at radius 3 is 2.52 bits per heavy atom. The summed E-state index contributed by atoms with van der Waals surface area (Å²) in [6.07, 6.45) is 1.27. The van der Waals surface area contributed by atoms with E-state index in [0.29, 0.717) is 22.8 Å². The molecule has 1 aromatic heterocycles. The van der Waals surface area contributed by atoms with Gasteiger partial charge in [0.05, 0.1) is 11.4 Å². The first kappa shape index (κ1) is 18.8. The van der Waals surface area contributed by atoms with Crippen molar-refractivity contribution >= 4 is 29.1 Å². The average molecular weight is 381 g/mol. The zero-order chi connectivity index (χ0) is 19.1. The highest BCUT2D eigenvalue weighted by Gasteiger charge is 2.13. The Kier molecular flexibility index (Phi) is 6.32. The lowest BCUT2D eigenvalue weighted by Crippen LogP contribution is -2.11. The minimum atomic E-state index is -0.0333. The van der Waals surface area contributed by atoms with Crippen LogP contribution in [0.1, 0.15) is 30.1 Å². The molecule has 0 atom stereocenters. The van der Waals surface area contributed by atoms with E-state index in [0.717, 1.165) is 12.1 Å². The van der Waals surface area contributed by atoms with Crippen LogP contribution in [-0.2, 0) is 4.79 Å². The molecule has 0 aliphatic rings. The van der Waals surface area contributed by atoms with Gasteiger partial charge in [-0.1, -0.05) is 36.9 Å². The van der Waals surface area contributed by atoms with Crippen LogP contribution >= 0.6 is 11.8 Å². The first-order chi connectivity index (χ1) is 13.2. The minimum Gasteiger partial charge on any atom is -0.326 e. The van der Waals surface area contributed by atoms with Crippen LogP contribution in [0.25, 0.3) is 5.69 Å². The summed E-state index contributed by atoms with van der Waals surface area (Å²) in [6, 6.07) is 16.4. The van der Waals surface area contributed by atoms with E-state index in [1.807, 2.05) is 37.3 Å². The molecule has 8 heteroatoms. The number of ketones is 1. The number of carbonyl (C=O) groups excluding carboxylic acids is 2. The molecule has 1 amide bonds. The molecule has 3 aromatic rings. The second-order valence-electron chi connectivity index (χ2n) is 5.80. The number of para-hydroxylation sites is 1. The van der Waals surface area contributed by atoms with Gasteiger partial charge in [0.25, 0.3) is 0 Å². The summed E-state index contributed by atoms with van der Waals surface area (Å²) >= 11 is 1.28. The summed E-state index contributed by atoms with van der Waals surface area (Å²) in [4.78, 5) is 24.0. The van der Waals surface area contributed by atoms with Crippen LogP contribution in [0, 0.1) is 0 Å². The molecule has 138 valence electrons. The highest BCUT2D eigenvalue weighted by Crippen LogP contribution is 2.20. The van der Waals surface area contributed by atoms with E-state index in [1.165, 1.54) is 11.8 Å². The Morgan fingerprint density at radius 1 is 1.07 bits per heavy atom. The maximum Gasteiger partial charge on any atom is 0.224 e. The molecule has 0 saturated carbocycles. The van der Waals surface area contributed by atoms with Crippen LogP contribution in [0.5, 0.6) is 0 Å². The lowest BCUT2D eigenvalue weighted by molar-refractivity contribution is -0.116. The van der Waals surface area contributed by atoms with E-state index in [9.17, 15) is 9.59 Å². The van der Waals surface area contributed by atoms with E-state index in [4.69, 9.17) is 0 Å². The molecule has 1 N–H and O–H groups in total. The second-order valence-corrected chi connectivity index (χ2v) is 6.74. The van der Waals surface area contributed by atoms with Crippen molar-refractivity contribution in [1.29, 1.82) is 0 Å². The lowest BCUT2D eigenvalue weighted by Gasteiger charge is -2.06. The Morgan fingerprint density at radius 2 is 1.81 bits per heavy atom. The average Bonchev–Trinajstić information content (AvgIpc) is 3.16. The van der Waals surface area contributed by atoms with E-state index < -0.39 is 0 Å². The minimum absolute atomic E-state index is 0.0279. The first-order valence-corrected chi connectivity index (χ1v) is 9.55. The number of benzene rings is 2. The first-order valence-electron chi connectivity index (χ1n) is 8.57. The van der Waals surface area contributed by atoms with Crippen molar-refractivity contribution in [2.45, 2.75) is 24.9 Å². The zero-order valence-corrected chi connectivity index (χ0v) is 15.6. The number of aromatic nitrogens is 4. The molecule has 2 aromatic carbocycles. The van der Waals surface area contributed by atoms with Gasteiger partial charge in [0, 0.05) is 17.7 Å². The maximum atomic E-state index is 12.4. The molecule has 27 heavy (non-hydrogen) atoms. The van der Waals surface area contributed by atoms with Crippen LogP contribution in [0.15, 0.2) is 59.8 Å². The van der Waals surface area contributed by atoms with Gasteiger partial charge in [-0.15, -0.1) is 5.10 Å². The molecule has 1 heterocycles. The number of thioether (sulfide) groups is 1. The maximum absolute atomic E-state index is 12.4. The molecular weight excluding hydrogens is 362 g/mol. The standard InChI is InChI=1S/C19H19N5O2S/c1-2-6-18(26)20-15-11-9-14(10-12-15)17(25)13-27-19-21-22-23-24(19)16-7-4-3-5-8-16/h3-5,7-12H,2,6,13H2,1H3,(H,20,26). The number of nitrogens with zero attached hydrogens (tertiary/aromatic N) is 4. The summed E-state index contributed by atoms with van der Waals surface area (Å²) < 4.78 is 1.60. The number of hydrogen-bond acceptors (Lipinski definition) is 6. The van der Waals surface area contributed by atoms with Gasteiger partial charge in [-0.2, -0.15) is 4.68 Å². The molecule has 0 saturated heterocycles. The van der Waals surface area contributed by atoms with Crippen molar-refractivity contribution in [2.24, 2.45) is 0 Å². The van der Waals surface area contributed by atoms with Gasteiger partial charge in [-0.3, -0.25) is 9.59 Å².